The third-order valence-corrected chi connectivity index (χ3v) is 3.06. The van der Waals surface area contributed by atoms with E-state index in [9.17, 15) is 13.2 Å². The average Bonchev–Trinajstić information content (AvgIpc) is 2.84. The number of alkyl halides is 3. The molecule has 0 aliphatic carbocycles. The van der Waals surface area contributed by atoms with E-state index in [-0.39, 0.29) is 24.6 Å². The number of hydrogen-bond acceptors (Lipinski definition) is 3. The number of rotatable bonds is 4. The van der Waals surface area contributed by atoms with Crippen molar-refractivity contribution >= 4 is 0 Å². The molecule has 19 heavy (non-hydrogen) atoms. The van der Waals surface area contributed by atoms with Crippen LogP contribution in [0.25, 0.3) is 0 Å². The molecule has 106 valence electrons. The number of hydrogen-bond donors (Lipinski definition) is 1. The Hall–Kier alpha value is -1.27. The van der Waals surface area contributed by atoms with Crippen LogP contribution in [0.5, 0.6) is 5.75 Å². The highest BCUT2D eigenvalue weighted by atomic mass is 19.4. The standard InChI is InChI=1S/C13H16F3NO2/c14-13(15,16)9-2-1-3-10(6-9)18-8-12-5-4-11(7-17)19-12/h1-3,6,11-12H,4-5,7-8,17H2. The van der Waals surface area contributed by atoms with Crippen molar-refractivity contribution in [2.45, 2.75) is 31.2 Å². The van der Waals surface area contributed by atoms with E-state index in [2.05, 4.69) is 0 Å². The van der Waals surface area contributed by atoms with Crippen LogP contribution in [-0.2, 0) is 10.9 Å². The second kappa shape index (κ2) is 5.79. The summed E-state index contributed by atoms with van der Waals surface area (Å²) in [6, 6.07) is 4.85. The maximum Gasteiger partial charge on any atom is 0.416 e. The number of nitrogens with two attached hydrogens (primary N) is 1. The number of ether oxygens (including phenoxy) is 2. The molecule has 0 aromatic heterocycles. The average molecular weight is 275 g/mol. The normalized spacial score (nSPS) is 23.6. The molecule has 0 radical (unpaired) electrons. The van der Waals surface area contributed by atoms with Crippen molar-refractivity contribution in [3.63, 3.8) is 0 Å². The van der Waals surface area contributed by atoms with Gasteiger partial charge in [-0.1, -0.05) is 6.07 Å². The fourth-order valence-corrected chi connectivity index (χ4v) is 2.03. The van der Waals surface area contributed by atoms with E-state index in [4.69, 9.17) is 15.2 Å². The molecule has 1 aromatic rings. The monoisotopic (exact) mass is 275 g/mol. The molecule has 1 aliphatic heterocycles. The van der Waals surface area contributed by atoms with Gasteiger partial charge < -0.3 is 15.2 Å². The molecule has 0 spiro atoms. The molecule has 1 saturated heterocycles. The second-order valence-electron chi connectivity index (χ2n) is 4.53. The summed E-state index contributed by atoms with van der Waals surface area (Å²) in [4.78, 5) is 0. The summed E-state index contributed by atoms with van der Waals surface area (Å²) in [5, 5.41) is 0. The van der Waals surface area contributed by atoms with Crippen molar-refractivity contribution < 1.29 is 22.6 Å². The quantitative estimate of drug-likeness (QED) is 0.918. The molecule has 3 nitrogen and oxygen atoms in total. The van der Waals surface area contributed by atoms with E-state index >= 15 is 0 Å². The van der Waals surface area contributed by atoms with Gasteiger partial charge in [0.2, 0.25) is 0 Å². The Balaban J connectivity index is 1.90. The van der Waals surface area contributed by atoms with Crippen LogP contribution in [0.1, 0.15) is 18.4 Å². The van der Waals surface area contributed by atoms with E-state index in [1.807, 2.05) is 0 Å². The molecule has 0 amide bonds. The van der Waals surface area contributed by atoms with Crippen LogP contribution in [0, 0.1) is 0 Å². The van der Waals surface area contributed by atoms with Crippen molar-refractivity contribution in [3.05, 3.63) is 29.8 Å². The molecule has 1 aromatic carbocycles. The first-order valence-corrected chi connectivity index (χ1v) is 6.14. The molecule has 2 atom stereocenters. The Morgan fingerprint density at radius 1 is 1.26 bits per heavy atom. The summed E-state index contributed by atoms with van der Waals surface area (Å²) in [7, 11) is 0. The van der Waals surface area contributed by atoms with Crippen molar-refractivity contribution in [2.75, 3.05) is 13.2 Å². The van der Waals surface area contributed by atoms with Gasteiger partial charge in [-0.25, -0.2) is 0 Å². The lowest BCUT2D eigenvalue weighted by molar-refractivity contribution is -0.137. The molecule has 1 fully saturated rings. The van der Waals surface area contributed by atoms with Crippen LogP contribution in [0.4, 0.5) is 13.2 Å². The predicted molar refractivity (Wildman–Crippen MR) is 63.9 cm³/mol. The molecular weight excluding hydrogens is 259 g/mol. The fourth-order valence-electron chi connectivity index (χ4n) is 2.03. The highest BCUT2D eigenvalue weighted by Gasteiger charge is 2.31. The maximum atomic E-state index is 12.5. The van der Waals surface area contributed by atoms with Gasteiger partial charge in [-0.15, -0.1) is 0 Å². The van der Waals surface area contributed by atoms with Crippen LogP contribution in [0.2, 0.25) is 0 Å². The van der Waals surface area contributed by atoms with E-state index in [1.165, 1.54) is 12.1 Å². The topological polar surface area (TPSA) is 44.5 Å². The molecule has 2 N–H and O–H groups in total. The van der Waals surface area contributed by atoms with E-state index < -0.39 is 11.7 Å². The molecule has 2 unspecified atom stereocenters. The second-order valence-corrected chi connectivity index (χ2v) is 4.53. The number of halogens is 3. The van der Waals surface area contributed by atoms with Gasteiger partial charge in [0.25, 0.3) is 0 Å². The van der Waals surface area contributed by atoms with Crippen LogP contribution in [0.3, 0.4) is 0 Å². The Labute approximate surface area is 109 Å². The van der Waals surface area contributed by atoms with Gasteiger partial charge in [0, 0.05) is 6.54 Å². The Morgan fingerprint density at radius 3 is 2.63 bits per heavy atom. The van der Waals surface area contributed by atoms with Crippen molar-refractivity contribution in [1.29, 1.82) is 0 Å². The summed E-state index contributed by atoms with van der Waals surface area (Å²) in [5.74, 6) is 0.203. The van der Waals surface area contributed by atoms with Crippen LogP contribution >= 0.6 is 0 Å². The smallest absolute Gasteiger partial charge is 0.416 e. The molecule has 1 heterocycles. The lowest BCUT2D eigenvalue weighted by Gasteiger charge is -2.14. The Morgan fingerprint density at radius 2 is 2.00 bits per heavy atom. The Bertz CT molecular complexity index is 423. The first kappa shape index (κ1) is 14.1. The molecule has 1 aliphatic rings. The Kier molecular flexibility index (Phi) is 4.31. The zero-order valence-electron chi connectivity index (χ0n) is 10.3. The van der Waals surface area contributed by atoms with Gasteiger partial charge in [0.05, 0.1) is 17.8 Å². The third kappa shape index (κ3) is 3.84. The van der Waals surface area contributed by atoms with Gasteiger partial charge >= 0.3 is 6.18 Å². The summed E-state index contributed by atoms with van der Waals surface area (Å²) >= 11 is 0. The van der Waals surface area contributed by atoms with E-state index in [0.717, 1.165) is 25.0 Å². The van der Waals surface area contributed by atoms with Gasteiger partial charge in [0.15, 0.2) is 0 Å². The van der Waals surface area contributed by atoms with Gasteiger partial charge in [-0.05, 0) is 31.0 Å². The lowest BCUT2D eigenvalue weighted by atomic mass is 10.2. The first-order chi connectivity index (χ1) is 8.99. The van der Waals surface area contributed by atoms with Gasteiger partial charge in [-0.3, -0.25) is 0 Å². The molecule has 0 saturated carbocycles. The lowest BCUT2D eigenvalue weighted by Crippen LogP contribution is -2.23. The zero-order valence-corrected chi connectivity index (χ0v) is 10.3. The van der Waals surface area contributed by atoms with Crippen LogP contribution in [0.15, 0.2) is 24.3 Å². The molecule has 6 heteroatoms. The predicted octanol–water partition coefficient (Wildman–Crippen LogP) is 2.59. The van der Waals surface area contributed by atoms with Gasteiger partial charge in [0.1, 0.15) is 12.4 Å². The zero-order chi connectivity index (χ0) is 13.9. The van der Waals surface area contributed by atoms with Crippen molar-refractivity contribution in [2.24, 2.45) is 5.73 Å². The SMILES string of the molecule is NCC1CCC(COc2cccc(C(F)(F)F)c2)O1. The fraction of sp³-hybridized carbons (Fsp3) is 0.538. The third-order valence-electron chi connectivity index (χ3n) is 3.06. The summed E-state index contributed by atoms with van der Waals surface area (Å²) in [5.41, 5.74) is 4.77. The largest absolute Gasteiger partial charge is 0.491 e. The minimum Gasteiger partial charge on any atom is -0.491 e. The van der Waals surface area contributed by atoms with Crippen LogP contribution in [-0.4, -0.2) is 25.4 Å². The van der Waals surface area contributed by atoms with Gasteiger partial charge in [-0.2, -0.15) is 13.2 Å². The molecule has 2 rings (SSSR count). The summed E-state index contributed by atoms with van der Waals surface area (Å²) in [6.45, 7) is 0.706. The van der Waals surface area contributed by atoms with E-state index in [0.29, 0.717) is 6.54 Å². The maximum absolute atomic E-state index is 12.5. The number of benzene rings is 1. The summed E-state index contributed by atoms with van der Waals surface area (Å²) < 4.78 is 48.4. The highest BCUT2D eigenvalue weighted by molar-refractivity contribution is 5.30. The van der Waals surface area contributed by atoms with Crippen molar-refractivity contribution in [3.8, 4) is 5.75 Å². The van der Waals surface area contributed by atoms with E-state index in [1.54, 1.807) is 0 Å². The molecule has 0 bridgehead atoms. The highest BCUT2D eigenvalue weighted by Crippen LogP contribution is 2.31. The molecular formula is C13H16F3NO2. The van der Waals surface area contributed by atoms with Crippen LogP contribution < -0.4 is 10.5 Å². The van der Waals surface area contributed by atoms with Crippen molar-refractivity contribution in [1.82, 2.24) is 0 Å². The minimum absolute atomic E-state index is 0.0371. The summed E-state index contributed by atoms with van der Waals surface area (Å²) in [6.07, 6.45) is -2.72. The first-order valence-electron chi connectivity index (χ1n) is 6.14. The minimum atomic E-state index is -4.35.